The number of nitrogens with zero attached hydrogens (tertiary/aromatic N) is 1. The van der Waals surface area contributed by atoms with Crippen LogP contribution in [0, 0.1) is 0 Å². The molecule has 0 bridgehead atoms. The third-order valence-electron chi connectivity index (χ3n) is 1.95. The molecule has 0 spiro atoms. The van der Waals surface area contributed by atoms with E-state index in [2.05, 4.69) is 4.98 Å². The van der Waals surface area contributed by atoms with Crippen LogP contribution in [0.2, 0.25) is 0 Å². The van der Waals surface area contributed by atoms with Gasteiger partial charge in [0.1, 0.15) is 0 Å². The molecule has 1 aromatic heterocycles. The molecule has 15 heavy (non-hydrogen) atoms. The fourth-order valence-electron chi connectivity index (χ4n) is 1.03. The van der Waals surface area contributed by atoms with E-state index in [1.54, 1.807) is 6.07 Å². The summed E-state index contributed by atoms with van der Waals surface area (Å²) in [5.74, 6) is -1.76. The minimum Gasteiger partial charge on any atom is -0.289 e. The molecule has 1 rings (SSSR count). The largest absolute Gasteiger partial charge is 0.450 e. The highest BCUT2D eigenvalue weighted by Crippen LogP contribution is 2.18. The van der Waals surface area contributed by atoms with Gasteiger partial charge in [0.2, 0.25) is 5.78 Å². The summed E-state index contributed by atoms with van der Waals surface area (Å²) < 4.78 is 35.7. The average Bonchev–Trinajstić information content (AvgIpc) is 2.17. The Kier molecular flexibility index (Phi) is 3.44. The predicted molar refractivity (Wildman–Crippen MR) is 48.4 cm³/mol. The Balaban J connectivity index is 2.70. The number of ketones is 1. The molecule has 82 valence electrons. The minimum atomic E-state index is -4.77. The van der Waals surface area contributed by atoms with Crippen LogP contribution in [0.15, 0.2) is 18.3 Å². The molecule has 0 aliphatic carbocycles. The van der Waals surface area contributed by atoms with Gasteiger partial charge in [-0.3, -0.25) is 9.78 Å². The van der Waals surface area contributed by atoms with Crippen LogP contribution in [0.1, 0.15) is 18.2 Å². The van der Waals surface area contributed by atoms with Crippen molar-refractivity contribution in [3.05, 3.63) is 29.6 Å². The van der Waals surface area contributed by atoms with Gasteiger partial charge in [-0.25, -0.2) is 0 Å². The van der Waals surface area contributed by atoms with Crippen molar-refractivity contribution in [2.24, 2.45) is 0 Å². The monoisotopic (exact) mass is 217 g/mol. The zero-order valence-corrected chi connectivity index (χ0v) is 8.14. The molecule has 2 nitrogen and oxygen atoms in total. The quantitative estimate of drug-likeness (QED) is 0.777. The van der Waals surface area contributed by atoms with Gasteiger partial charge in [-0.15, -0.1) is 0 Å². The molecular weight excluding hydrogens is 207 g/mol. The van der Waals surface area contributed by atoms with E-state index >= 15 is 0 Å². The smallest absolute Gasteiger partial charge is 0.289 e. The van der Waals surface area contributed by atoms with Gasteiger partial charge < -0.3 is 0 Å². The molecule has 0 radical (unpaired) electrons. The first-order chi connectivity index (χ1) is 6.93. The van der Waals surface area contributed by atoms with Crippen LogP contribution in [0.3, 0.4) is 0 Å². The van der Waals surface area contributed by atoms with E-state index in [0.29, 0.717) is 0 Å². The van der Waals surface area contributed by atoms with Crippen LogP contribution < -0.4 is 0 Å². The number of Topliss-reactive ketones (excluding diaryl/α,β-unsaturated/α-hetero) is 1. The summed E-state index contributed by atoms with van der Waals surface area (Å²) >= 11 is 0. The Bertz CT molecular complexity index is 343. The summed E-state index contributed by atoms with van der Waals surface area (Å²) in [6.45, 7) is 1.91. The maximum atomic E-state index is 11.9. The number of hydrogen-bond acceptors (Lipinski definition) is 2. The van der Waals surface area contributed by atoms with Crippen LogP contribution in [-0.4, -0.2) is 16.9 Å². The van der Waals surface area contributed by atoms with Crippen molar-refractivity contribution in [2.75, 3.05) is 0 Å². The Morgan fingerprint density at radius 3 is 2.47 bits per heavy atom. The van der Waals surface area contributed by atoms with Crippen molar-refractivity contribution in [3.8, 4) is 0 Å². The second-order valence-electron chi connectivity index (χ2n) is 3.11. The molecule has 0 amide bonds. The first-order valence-electron chi connectivity index (χ1n) is 4.47. The van der Waals surface area contributed by atoms with E-state index in [9.17, 15) is 18.0 Å². The standard InChI is InChI=1S/C10H10F3NO/c1-2-7-3-4-8(14-6-7)5-9(15)10(11,12)13/h3-4,6H,2,5H2,1H3. The van der Waals surface area contributed by atoms with Gasteiger partial charge in [-0.1, -0.05) is 13.0 Å². The molecule has 0 aromatic carbocycles. The van der Waals surface area contributed by atoms with Gasteiger partial charge >= 0.3 is 6.18 Å². The maximum absolute atomic E-state index is 11.9. The Labute approximate surface area is 85.1 Å². The van der Waals surface area contributed by atoms with E-state index in [1.165, 1.54) is 12.3 Å². The van der Waals surface area contributed by atoms with Crippen LogP contribution in [0.25, 0.3) is 0 Å². The molecule has 0 saturated heterocycles. The summed E-state index contributed by atoms with van der Waals surface area (Å²) in [6, 6.07) is 3.12. The fraction of sp³-hybridized carbons (Fsp3) is 0.400. The number of pyridine rings is 1. The van der Waals surface area contributed by atoms with Gasteiger partial charge in [0.15, 0.2) is 0 Å². The van der Waals surface area contributed by atoms with Crippen molar-refractivity contribution in [2.45, 2.75) is 25.9 Å². The molecule has 0 aliphatic rings. The zero-order valence-electron chi connectivity index (χ0n) is 8.14. The molecule has 0 atom stereocenters. The van der Waals surface area contributed by atoms with E-state index < -0.39 is 18.4 Å². The van der Waals surface area contributed by atoms with Gasteiger partial charge in [0, 0.05) is 11.9 Å². The third kappa shape index (κ3) is 3.34. The number of carbonyl (C=O) groups excluding carboxylic acids is 1. The molecule has 1 aromatic rings. The van der Waals surface area contributed by atoms with E-state index in [0.717, 1.165) is 12.0 Å². The second kappa shape index (κ2) is 4.42. The molecule has 0 unspecified atom stereocenters. The molecule has 0 saturated carbocycles. The van der Waals surface area contributed by atoms with Crippen LogP contribution in [0.5, 0.6) is 0 Å². The maximum Gasteiger partial charge on any atom is 0.450 e. The Hall–Kier alpha value is -1.39. The normalized spacial score (nSPS) is 11.5. The molecule has 5 heteroatoms. The van der Waals surface area contributed by atoms with Crippen molar-refractivity contribution in [1.29, 1.82) is 0 Å². The lowest BCUT2D eigenvalue weighted by Crippen LogP contribution is -2.24. The first kappa shape index (κ1) is 11.7. The number of hydrogen-bond donors (Lipinski definition) is 0. The Morgan fingerprint density at radius 1 is 1.40 bits per heavy atom. The van der Waals surface area contributed by atoms with Crippen LogP contribution >= 0.6 is 0 Å². The van der Waals surface area contributed by atoms with E-state index in [1.807, 2.05) is 6.92 Å². The van der Waals surface area contributed by atoms with Crippen molar-refractivity contribution < 1.29 is 18.0 Å². The van der Waals surface area contributed by atoms with Crippen molar-refractivity contribution in [3.63, 3.8) is 0 Å². The molecule has 0 fully saturated rings. The fourth-order valence-corrected chi connectivity index (χ4v) is 1.03. The SMILES string of the molecule is CCc1ccc(CC(=O)C(F)(F)F)nc1. The van der Waals surface area contributed by atoms with Gasteiger partial charge in [0.05, 0.1) is 6.42 Å². The van der Waals surface area contributed by atoms with Gasteiger partial charge in [-0.2, -0.15) is 13.2 Å². The number of aryl methyl sites for hydroxylation is 1. The highest BCUT2D eigenvalue weighted by atomic mass is 19.4. The number of aromatic nitrogens is 1. The lowest BCUT2D eigenvalue weighted by Gasteiger charge is -2.04. The average molecular weight is 217 g/mol. The summed E-state index contributed by atoms with van der Waals surface area (Å²) in [5.41, 5.74) is 1.08. The number of carbonyl (C=O) groups is 1. The molecule has 0 aliphatic heterocycles. The summed E-state index contributed by atoms with van der Waals surface area (Å²) in [7, 11) is 0. The lowest BCUT2D eigenvalue weighted by molar-refractivity contribution is -0.170. The van der Waals surface area contributed by atoms with Gasteiger partial charge in [-0.05, 0) is 18.1 Å². The highest BCUT2D eigenvalue weighted by Gasteiger charge is 2.37. The number of rotatable bonds is 3. The van der Waals surface area contributed by atoms with E-state index in [-0.39, 0.29) is 5.69 Å². The summed E-state index contributed by atoms with van der Waals surface area (Å²) in [5, 5.41) is 0. The van der Waals surface area contributed by atoms with Crippen LogP contribution in [0.4, 0.5) is 13.2 Å². The van der Waals surface area contributed by atoms with Gasteiger partial charge in [0.25, 0.3) is 0 Å². The zero-order chi connectivity index (χ0) is 11.5. The number of alkyl halides is 3. The predicted octanol–water partition coefficient (Wildman–Crippen LogP) is 2.32. The first-order valence-corrected chi connectivity index (χ1v) is 4.47. The van der Waals surface area contributed by atoms with Crippen molar-refractivity contribution >= 4 is 5.78 Å². The lowest BCUT2D eigenvalue weighted by atomic mass is 10.1. The van der Waals surface area contributed by atoms with Crippen molar-refractivity contribution in [1.82, 2.24) is 4.98 Å². The summed E-state index contributed by atoms with van der Waals surface area (Å²) in [4.78, 5) is 14.4. The number of halogens is 3. The minimum absolute atomic E-state index is 0.148. The topological polar surface area (TPSA) is 30.0 Å². The Morgan fingerprint density at radius 2 is 2.07 bits per heavy atom. The highest BCUT2D eigenvalue weighted by molar-refractivity contribution is 5.85. The third-order valence-corrected chi connectivity index (χ3v) is 1.95. The molecule has 1 heterocycles. The second-order valence-corrected chi connectivity index (χ2v) is 3.11. The molecular formula is C10H10F3NO. The molecule has 0 N–H and O–H groups in total. The van der Waals surface area contributed by atoms with Crippen LogP contribution in [-0.2, 0) is 17.6 Å². The van der Waals surface area contributed by atoms with E-state index in [4.69, 9.17) is 0 Å². The summed E-state index contributed by atoms with van der Waals surface area (Å²) in [6.07, 6.45) is -3.21.